The molecule has 0 bridgehead atoms. The van der Waals surface area contributed by atoms with Gasteiger partial charge in [0.2, 0.25) is 0 Å². The average molecular weight is 348 g/mol. The molecule has 0 unspecified atom stereocenters. The van der Waals surface area contributed by atoms with Crippen LogP contribution in [0.2, 0.25) is 0 Å². The van der Waals surface area contributed by atoms with E-state index in [9.17, 15) is 4.79 Å². The van der Waals surface area contributed by atoms with Gasteiger partial charge in [-0.25, -0.2) is 19.7 Å². The summed E-state index contributed by atoms with van der Waals surface area (Å²) in [7, 11) is 1.65. The summed E-state index contributed by atoms with van der Waals surface area (Å²) in [5.41, 5.74) is 1.29. The van der Waals surface area contributed by atoms with Gasteiger partial charge in [-0.1, -0.05) is 25.6 Å². The molecule has 0 atom stereocenters. The van der Waals surface area contributed by atoms with Gasteiger partial charge in [0.1, 0.15) is 11.4 Å². The van der Waals surface area contributed by atoms with E-state index < -0.39 is 11.7 Å². The monoisotopic (exact) mass is 348 g/mol. The third kappa shape index (κ3) is 3.95. The Kier molecular flexibility index (Phi) is 5.32. The van der Waals surface area contributed by atoms with Crippen LogP contribution in [-0.2, 0) is 4.74 Å². The summed E-state index contributed by atoms with van der Waals surface area (Å²) in [5.74, 6) is 0.766. The van der Waals surface area contributed by atoms with Gasteiger partial charge in [-0.15, -0.1) is 0 Å². The molecule has 2 rings (SSSR count). The van der Waals surface area contributed by atoms with Crippen LogP contribution in [-0.4, -0.2) is 39.9 Å². The zero-order valence-corrected chi connectivity index (χ0v) is 16.1. The van der Waals surface area contributed by atoms with Gasteiger partial charge in [-0.05, 0) is 38.5 Å². The first-order valence-electron chi connectivity index (χ1n) is 7.80. The molecule has 130 valence electrons. The lowest BCUT2D eigenvalue weighted by molar-refractivity contribution is 0.0588. The molecule has 2 heterocycles. The van der Waals surface area contributed by atoms with Crippen molar-refractivity contribution in [3.05, 3.63) is 18.0 Å². The molecule has 1 amide bonds. The SMILES string of the molecule is CSc1ncc2c(N(C)C(=O)OC(C)(C)C)ncc(C(C)C)c2n1. The van der Waals surface area contributed by atoms with Crippen molar-refractivity contribution in [3.8, 4) is 0 Å². The van der Waals surface area contributed by atoms with Crippen molar-refractivity contribution in [2.75, 3.05) is 18.2 Å². The van der Waals surface area contributed by atoms with Gasteiger partial charge < -0.3 is 4.74 Å². The van der Waals surface area contributed by atoms with Crippen molar-refractivity contribution < 1.29 is 9.53 Å². The number of aromatic nitrogens is 3. The number of carbonyl (C=O) groups is 1. The zero-order valence-electron chi connectivity index (χ0n) is 15.2. The molecule has 0 aliphatic rings. The number of pyridine rings is 1. The van der Waals surface area contributed by atoms with E-state index >= 15 is 0 Å². The molecule has 2 aromatic heterocycles. The number of hydrogen-bond donors (Lipinski definition) is 0. The number of nitrogens with zero attached hydrogens (tertiary/aromatic N) is 4. The van der Waals surface area contributed by atoms with Crippen molar-refractivity contribution in [2.24, 2.45) is 0 Å². The quantitative estimate of drug-likeness (QED) is 0.610. The lowest BCUT2D eigenvalue weighted by Gasteiger charge is -2.25. The highest BCUT2D eigenvalue weighted by molar-refractivity contribution is 7.98. The fourth-order valence-electron chi connectivity index (χ4n) is 2.22. The van der Waals surface area contributed by atoms with Gasteiger partial charge in [0, 0.05) is 19.4 Å². The highest BCUT2D eigenvalue weighted by Gasteiger charge is 2.24. The minimum absolute atomic E-state index is 0.269. The van der Waals surface area contributed by atoms with Crippen LogP contribution in [0, 0.1) is 0 Å². The highest BCUT2D eigenvalue weighted by Crippen LogP contribution is 2.30. The maximum atomic E-state index is 12.4. The van der Waals surface area contributed by atoms with Crippen molar-refractivity contribution in [2.45, 2.75) is 51.3 Å². The van der Waals surface area contributed by atoms with E-state index in [0.29, 0.717) is 11.0 Å². The molecule has 7 heteroatoms. The largest absolute Gasteiger partial charge is 0.443 e. The van der Waals surface area contributed by atoms with Crippen LogP contribution in [0.15, 0.2) is 17.6 Å². The van der Waals surface area contributed by atoms with Gasteiger partial charge >= 0.3 is 6.09 Å². The molecule has 0 spiro atoms. The third-order valence-electron chi connectivity index (χ3n) is 3.40. The van der Waals surface area contributed by atoms with Gasteiger partial charge in [-0.3, -0.25) is 4.90 Å². The molecule has 24 heavy (non-hydrogen) atoms. The Morgan fingerprint density at radius 1 is 1.25 bits per heavy atom. The van der Waals surface area contributed by atoms with Crippen LogP contribution in [0.5, 0.6) is 0 Å². The number of rotatable bonds is 3. The van der Waals surface area contributed by atoms with Crippen molar-refractivity contribution >= 4 is 34.6 Å². The molecule has 0 aliphatic heterocycles. The summed E-state index contributed by atoms with van der Waals surface area (Å²) in [5, 5.41) is 1.44. The summed E-state index contributed by atoms with van der Waals surface area (Å²) in [6.45, 7) is 9.68. The molecular formula is C17H24N4O2S. The normalized spacial score (nSPS) is 11.8. The number of fused-ring (bicyclic) bond motifs is 1. The number of hydrogen-bond acceptors (Lipinski definition) is 6. The number of thioether (sulfide) groups is 1. The van der Waals surface area contributed by atoms with E-state index in [1.54, 1.807) is 19.4 Å². The van der Waals surface area contributed by atoms with E-state index in [2.05, 4.69) is 28.8 Å². The first-order chi connectivity index (χ1) is 11.1. The molecular weight excluding hydrogens is 324 g/mol. The Morgan fingerprint density at radius 2 is 1.92 bits per heavy atom. The molecule has 2 aromatic rings. The molecule has 0 radical (unpaired) electrons. The first kappa shape index (κ1) is 18.4. The minimum Gasteiger partial charge on any atom is -0.443 e. The molecule has 0 aliphatic carbocycles. The highest BCUT2D eigenvalue weighted by atomic mass is 32.2. The summed E-state index contributed by atoms with van der Waals surface area (Å²) in [6, 6.07) is 0. The van der Waals surface area contributed by atoms with Crippen molar-refractivity contribution in [3.63, 3.8) is 0 Å². The van der Waals surface area contributed by atoms with Crippen LogP contribution in [0.3, 0.4) is 0 Å². The predicted octanol–water partition coefficient (Wildman–Crippen LogP) is 4.24. The number of amides is 1. The summed E-state index contributed by atoms with van der Waals surface area (Å²) in [4.78, 5) is 27.2. The van der Waals surface area contributed by atoms with Crippen LogP contribution in [0.4, 0.5) is 10.6 Å². The molecule has 0 fully saturated rings. The molecule has 0 saturated heterocycles. The van der Waals surface area contributed by atoms with Gasteiger partial charge in [0.05, 0.1) is 10.9 Å². The lowest BCUT2D eigenvalue weighted by atomic mass is 10.0. The maximum absolute atomic E-state index is 12.4. The third-order valence-corrected chi connectivity index (χ3v) is 3.96. The Balaban J connectivity index is 2.55. The number of ether oxygens (including phenoxy) is 1. The van der Waals surface area contributed by atoms with E-state index in [4.69, 9.17) is 4.74 Å². The van der Waals surface area contributed by atoms with Gasteiger partial charge in [-0.2, -0.15) is 0 Å². The van der Waals surface area contributed by atoms with Gasteiger partial charge in [0.25, 0.3) is 0 Å². The first-order valence-corrected chi connectivity index (χ1v) is 9.03. The van der Waals surface area contributed by atoms with Crippen LogP contribution in [0.25, 0.3) is 10.9 Å². The molecule has 0 saturated carbocycles. The summed E-state index contributed by atoms with van der Waals surface area (Å²) >= 11 is 1.48. The maximum Gasteiger partial charge on any atom is 0.415 e. The van der Waals surface area contributed by atoms with Crippen molar-refractivity contribution in [1.82, 2.24) is 15.0 Å². The van der Waals surface area contributed by atoms with Crippen LogP contribution < -0.4 is 4.90 Å². The Morgan fingerprint density at radius 3 is 2.46 bits per heavy atom. The summed E-state index contributed by atoms with van der Waals surface area (Å²) < 4.78 is 5.43. The second-order valence-electron chi connectivity index (χ2n) is 6.85. The predicted molar refractivity (Wildman–Crippen MR) is 97.8 cm³/mol. The van der Waals surface area contributed by atoms with E-state index in [0.717, 1.165) is 16.5 Å². The number of carbonyl (C=O) groups excluding carboxylic acids is 1. The number of anilines is 1. The fraction of sp³-hybridized carbons (Fsp3) is 0.529. The Hall–Kier alpha value is -1.89. The molecule has 0 N–H and O–H groups in total. The summed E-state index contributed by atoms with van der Waals surface area (Å²) in [6.07, 6.45) is 4.98. The zero-order chi connectivity index (χ0) is 18.1. The molecule has 0 aromatic carbocycles. The second-order valence-corrected chi connectivity index (χ2v) is 7.62. The van der Waals surface area contributed by atoms with Crippen LogP contribution >= 0.6 is 11.8 Å². The van der Waals surface area contributed by atoms with Crippen molar-refractivity contribution in [1.29, 1.82) is 0 Å². The Bertz CT molecular complexity index is 756. The van der Waals surface area contributed by atoms with E-state index in [1.165, 1.54) is 16.7 Å². The van der Waals surface area contributed by atoms with E-state index in [1.807, 2.05) is 27.0 Å². The second kappa shape index (κ2) is 6.93. The molecule has 6 nitrogen and oxygen atoms in total. The average Bonchev–Trinajstić information content (AvgIpc) is 2.50. The van der Waals surface area contributed by atoms with Crippen LogP contribution in [0.1, 0.15) is 46.1 Å². The topological polar surface area (TPSA) is 68.2 Å². The van der Waals surface area contributed by atoms with Gasteiger partial charge in [0.15, 0.2) is 5.16 Å². The smallest absolute Gasteiger partial charge is 0.415 e. The lowest BCUT2D eigenvalue weighted by Crippen LogP contribution is -2.34. The van der Waals surface area contributed by atoms with E-state index in [-0.39, 0.29) is 5.92 Å². The minimum atomic E-state index is -0.568. The standard InChI is InChI=1S/C17H24N4O2S/c1-10(2)11-8-18-14(21(6)16(22)23-17(3,4)5)12-9-19-15(24-7)20-13(11)12/h8-10H,1-7H3. The Labute approximate surface area is 147 Å². The fourth-order valence-corrected chi connectivity index (χ4v) is 2.56.